The van der Waals surface area contributed by atoms with Gasteiger partial charge in [0, 0.05) is 12.1 Å². The Labute approximate surface area is 83.3 Å². The van der Waals surface area contributed by atoms with Crippen LogP contribution in [0.25, 0.3) is 0 Å². The molecule has 0 rings (SSSR count). The van der Waals surface area contributed by atoms with Gasteiger partial charge in [-0.15, -0.1) is 0 Å². The number of halogens is 1. The topological polar surface area (TPSA) is 47.6 Å². The van der Waals surface area contributed by atoms with Gasteiger partial charge in [-0.25, -0.2) is 5.26 Å². The smallest absolute Gasteiger partial charge is 0.150 e. The standard InChI is InChI=1S/C6H12ClNSi.CH3NSi/c1-9(2,7)6-4-3-5-8;2-1-3/h3-4,6H2,1-2H3;3H3. The highest BCUT2D eigenvalue weighted by atomic mass is 35.6. The third-order valence-electron chi connectivity index (χ3n) is 1.06. The lowest BCUT2D eigenvalue weighted by Crippen LogP contribution is -2.14. The monoisotopic (exact) mass is 218 g/mol. The van der Waals surface area contributed by atoms with Crippen LogP contribution in [0.1, 0.15) is 12.8 Å². The number of rotatable bonds is 3. The molecule has 0 aliphatic carbocycles. The van der Waals surface area contributed by atoms with Crippen LogP contribution in [0.2, 0.25) is 19.1 Å². The molecular formula is C7H15ClN2Si2. The predicted octanol–water partition coefficient (Wildman–Crippen LogP) is 1.57. The minimum Gasteiger partial charge on any atom is -0.208 e. The number of nitrogens with zero attached hydrogens (tertiary/aromatic N) is 2. The first-order chi connectivity index (χ1) is 5.47. The molecule has 2 nitrogen and oxygen atoms in total. The molecule has 68 valence electrons. The summed E-state index contributed by atoms with van der Waals surface area (Å²) in [5.41, 5.74) is 1.89. The van der Waals surface area contributed by atoms with E-state index in [9.17, 15) is 0 Å². The summed E-state index contributed by atoms with van der Waals surface area (Å²) in [6.45, 7) is 4.21. The summed E-state index contributed by atoms with van der Waals surface area (Å²) in [5.74, 6) is 0. The maximum absolute atomic E-state index is 8.19. The zero-order valence-electron chi connectivity index (χ0n) is 7.89. The molecule has 0 saturated heterocycles. The fourth-order valence-electron chi connectivity index (χ4n) is 0.588. The van der Waals surface area contributed by atoms with Crippen LogP contribution in [0, 0.1) is 22.3 Å². The molecule has 0 radical (unpaired) electrons. The molecule has 0 aromatic heterocycles. The van der Waals surface area contributed by atoms with Crippen molar-refractivity contribution in [3.05, 3.63) is 0 Å². The highest BCUT2D eigenvalue weighted by Gasteiger charge is 2.15. The lowest BCUT2D eigenvalue weighted by atomic mass is 10.4. The minimum absolute atomic E-state index is 0.656. The molecule has 0 unspecified atom stereocenters. The van der Waals surface area contributed by atoms with Gasteiger partial charge in [-0.1, -0.05) is 13.1 Å². The van der Waals surface area contributed by atoms with Crippen LogP contribution in [0.3, 0.4) is 0 Å². The summed E-state index contributed by atoms with van der Waals surface area (Å²) in [6.07, 6.45) is 1.63. The van der Waals surface area contributed by atoms with E-state index in [0.717, 1.165) is 12.5 Å². The second-order valence-corrected chi connectivity index (χ2v) is 10.4. The van der Waals surface area contributed by atoms with E-state index in [1.165, 1.54) is 0 Å². The van der Waals surface area contributed by atoms with Crippen molar-refractivity contribution in [1.29, 1.82) is 10.5 Å². The second kappa shape index (κ2) is 8.80. The minimum atomic E-state index is -1.37. The average molecular weight is 219 g/mol. The number of hydrogen-bond donors (Lipinski definition) is 0. The summed E-state index contributed by atoms with van der Waals surface area (Å²) < 4.78 is 0. The highest BCUT2D eigenvalue weighted by molar-refractivity contribution is 7.19. The van der Waals surface area contributed by atoms with Gasteiger partial charge in [0.25, 0.3) is 0 Å². The first kappa shape index (κ1) is 14.2. The Hall–Kier alpha value is -0.296. The van der Waals surface area contributed by atoms with Crippen LogP contribution in [0.15, 0.2) is 0 Å². The van der Waals surface area contributed by atoms with E-state index in [2.05, 4.69) is 19.2 Å². The van der Waals surface area contributed by atoms with E-state index in [-0.39, 0.29) is 0 Å². The Kier molecular flexibility index (Phi) is 10.4. The first-order valence-electron chi connectivity index (χ1n) is 3.84. The lowest BCUT2D eigenvalue weighted by molar-refractivity contribution is 0.950. The molecule has 0 aromatic carbocycles. The Bertz CT molecular complexity index is 175. The molecule has 0 saturated carbocycles. The van der Waals surface area contributed by atoms with E-state index in [4.69, 9.17) is 21.6 Å². The van der Waals surface area contributed by atoms with Crippen LogP contribution < -0.4 is 0 Å². The number of nitriles is 2. The van der Waals surface area contributed by atoms with Gasteiger partial charge in [-0.05, 0) is 12.5 Å². The number of unbranched alkanes of at least 4 members (excludes halogenated alkanes) is 1. The molecule has 0 fully saturated rings. The maximum atomic E-state index is 8.19. The fraction of sp³-hybridized carbons (Fsp3) is 0.714. The summed E-state index contributed by atoms with van der Waals surface area (Å²) in [7, 11) is -0.699. The molecule has 0 N–H and O–H groups in total. The molecule has 0 aliphatic rings. The quantitative estimate of drug-likeness (QED) is 0.410. The van der Waals surface area contributed by atoms with Crippen LogP contribution >= 0.6 is 11.1 Å². The van der Waals surface area contributed by atoms with Crippen molar-refractivity contribution >= 4 is 28.7 Å². The Morgan fingerprint density at radius 1 is 1.42 bits per heavy atom. The van der Waals surface area contributed by atoms with Gasteiger partial charge in [0.2, 0.25) is 0 Å². The Morgan fingerprint density at radius 3 is 2.08 bits per heavy atom. The van der Waals surface area contributed by atoms with Crippen LogP contribution in [0.4, 0.5) is 0 Å². The van der Waals surface area contributed by atoms with Crippen molar-refractivity contribution in [3.63, 3.8) is 0 Å². The maximum Gasteiger partial charge on any atom is 0.150 e. The van der Waals surface area contributed by atoms with Crippen molar-refractivity contribution in [2.45, 2.75) is 32.0 Å². The van der Waals surface area contributed by atoms with Gasteiger partial charge in [-0.2, -0.15) is 16.3 Å². The van der Waals surface area contributed by atoms with E-state index in [0.29, 0.717) is 16.7 Å². The van der Waals surface area contributed by atoms with Crippen LogP contribution in [-0.4, -0.2) is 17.6 Å². The first-order valence-corrected chi connectivity index (χ1v) is 9.06. The van der Waals surface area contributed by atoms with E-state index in [1.54, 1.807) is 0 Å². The predicted molar refractivity (Wildman–Crippen MR) is 58.5 cm³/mol. The third-order valence-corrected chi connectivity index (χ3v) is 3.17. The second-order valence-electron chi connectivity index (χ2n) is 2.95. The van der Waals surface area contributed by atoms with Gasteiger partial charge in [0.15, 0.2) is 7.38 Å². The third kappa shape index (κ3) is 22.6. The molecule has 0 amide bonds. The van der Waals surface area contributed by atoms with Gasteiger partial charge < -0.3 is 0 Å². The molecule has 12 heavy (non-hydrogen) atoms. The van der Waals surface area contributed by atoms with E-state index >= 15 is 0 Å². The largest absolute Gasteiger partial charge is 0.208 e. The zero-order chi connectivity index (χ0) is 10.0. The highest BCUT2D eigenvalue weighted by Crippen LogP contribution is 2.16. The molecule has 0 aromatic rings. The number of hydrogen-bond acceptors (Lipinski definition) is 2. The molecule has 0 bridgehead atoms. The summed E-state index contributed by atoms with van der Waals surface area (Å²) in [4.78, 5) is 0. The van der Waals surface area contributed by atoms with Crippen LogP contribution in [0.5, 0.6) is 0 Å². The summed E-state index contributed by atoms with van der Waals surface area (Å²) >= 11 is 6.00. The van der Waals surface area contributed by atoms with Crippen molar-refractivity contribution in [2.75, 3.05) is 0 Å². The van der Waals surface area contributed by atoms with Gasteiger partial charge in [0.1, 0.15) is 10.2 Å². The molecule has 5 heteroatoms. The summed E-state index contributed by atoms with van der Waals surface area (Å²) in [6, 6.07) is 3.16. The van der Waals surface area contributed by atoms with Crippen molar-refractivity contribution in [3.8, 4) is 11.8 Å². The Balaban J connectivity index is 0. The average Bonchev–Trinajstić information content (AvgIpc) is 1.87. The van der Waals surface area contributed by atoms with Gasteiger partial charge in [-0.3, -0.25) is 0 Å². The van der Waals surface area contributed by atoms with Gasteiger partial charge in [0.05, 0.1) is 6.07 Å². The molecule has 0 aliphatic heterocycles. The molecule has 0 heterocycles. The van der Waals surface area contributed by atoms with E-state index < -0.39 is 7.38 Å². The van der Waals surface area contributed by atoms with Crippen molar-refractivity contribution < 1.29 is 0 Å². The molecular weight excluding hydrogens is 204 g/mol. The van der Waals surface area contributed by atoms with Crippen LogP contribution in [-0.2, 0) is 0 Å². The normalized spacial score (nSPS) is 9.08. The van der Waals surface area contributed by atoms with Crippen molar-refractivity contribution in [2.24, 2.45) is 0 Å². The lowest BCUT2D eigenvalue weighted by Gasteiger charge is -2.09. The van der Waals surface area contributed by atoms with E-state index in [1.807, 2.05) is 5.69 Å². The summed E-state index contributed by atoms with van der Waals surface area (Å²) in [5, 5.41) is 15.6. The van der Waals surface area contributed by atoms with Crippen molar-refractivity contribution in [1.82, 2.24) is 0 Å². The zero-order valence-corrected chi connectivity index (χ0v) is 11.6. The molecule has 0 atom stereocenters. The fourth-order valence-corrected chi connectivity index (χ4v) is 2.01. The van der Waals surface area contributed by atoms with Gasteiger partial charge >= 0.3 is 0 Å². The molecule has 0 spiro atoms. The Morgan fingerprint density at radius 2 is 1.83 bits per heavy atom. The SMILES string of the molecule is C[Si](C)(Cl)CCCC#N.N#C[SiH3].